The molecule has 0 saturated heterocycles. The quantitative estimate of drug-likeness (QED) is 0.648. The second-order valence-electron chi connectivity index (χ2n) is 6.08. The maximum atomic E-state index is 13.1. The third kappa shape index (κ3) is 4.52. The molecule has 0 radical (unpaired) electrons. The van der Waals surface area contributed by atoms with Gasteiger partial charge in [0.25, 0.3) is 5.91 Å². The first kappa shape index (κ1) is 21.0. The van der Waals surface area contributed by atoms with Crippen LogP contribution in [0.5, 0.6) is 11.5 Å². The highest BCUT2D eigenvalue weighted by molar-refractivity contribution is 5.94. The van der Waals surface area contributed by atoms with Crippen LogP contribution in [0.1, 0.15) is 27.3 Å². The number of benzene rings is 1. The van der Waals surface area contributed by atoms with Crippen molar-refractivity contribution >= 4 is 18.3 Å². The van der Waals surface area contributed by atoms with Gasteiger partial charge in [0.15, 0.2) is 5.69 Å². The Hall–Kier alpha value is -2.29. The summed E-state index contributed by atoms with van der Waals surface area (Å²) >= 11 is 0. The highest BCUT2D eigenvalue weighted by Gasteiger charge is 2.26. The number of halogens is 1. The summed E-state index contributed by atoms with van der Waals surface area (Å²) in [5.74, 6) is 1.12. The minimum Gasteiger partial charge on any atom is -0.497 e. The number of methoxy groups -OCH3 is 2. The first-order chi connectivity index (χ1) is 12.7. The average Bonchev–Trinajstić information content (AvgIpc) is 3.11. The number of hydrogen-bond acceptors (Lipinski definition) is 6. The summed E-state index contributed by atoms with van der Waals surface area (Å²) in [7, 11) is 3.17. The number of hydrogen-bond donors (Lipinski definition) is 3. The normalized spacial score (nSPS) is 12.7. The summed E-state index contributed by atoms with van der Waals surface area (Å²) in [5.41, 5.74) is 3.11. The molecule has 1 aliphatic rings. The standard InChI is InChI=1S/C18H24N4O4.ClH/c1-25-13-3-4-16(26-2)12(9-13)11-22(7-8-23)18(24)17-14-10-19-6-5-15(14)20-21-17;/h3-4,9,19,23H,5-8,10-11H2,1-2H3,(H,20,21);1H. The van der Waals surface area contributed by atoms with Gasteiger partial charge < -0.3 is 24.8 Å². The molecule has 0 aliphatic carbocycles. The van der Waals surface area contributed by atoms with Crippen LogP contribution in [-0.2, 0) is 19.5 Å². The molecular weight excluding hydrogens is 372 g/mol. The van der Waals surface area contributed by atoms with Crippen molar-refractivity contribution in [2.75, 3.05) is 33.9 Å². The van der Waals surface area contributed by atoms with Gasteiger partial charge in [-0.2, -0.15) is 5.10 Å². The Kier molecular flexibility index (Phi) is 7.46. The Balaban J connectivity index is 0.00000261. The van der Waals surface area contributed by atoms with E-state index in [1.54, 1.807) is 31.3 Å². The van der Waals surface area contributed by atoms with Crippen LogP contribution in [0.4, 0.5) is 0 Å². The predicted octanol–water partition coefficient (Wildman–Crippen LogP) is 1.13. The number of aromatic amines is 1. The molecular formula is C18H25ClN4O4. The largest absolute Gasteiger partial charge is 0.497 e. The van der Waals surface area contributed by atoms with Crippen LogP contribution in [-0.4, -0.2) is 60.0 Å². The van der Waals surface area contributed by atoms with E-state index in [0.29, 0.717) is 23.7 Å². The van der Waals surface area contributed by atoms with Gasteiger partial charge in [0.1, 0.15) is 11.5 Å². The Morgan fingerprint density at radius 2 is 2.15 bits per heavy atom. The number of aliphatic hydroxyl groups excluding tert-OH is 1. The number of rotatable bonds is 7. The third-order valence-corrected chi connectivity index (χ3v) is 4.51. The maximum Gasteiger partial charge on any atom is 0.275 e. The Morgan fingerprint density at radius 3 is 2.85 bits per heavy atom. The van der Waals surface area contributed by atoms with E-state index in [1.807, 2.05) is 6.07 Å². The first-order valence-electron chi connectivity index (χ1n) is 8.55. The molecule has 148 valence electrons. The lowest BCUT2D eigenvalue weighted by Gasteiger charge is -2.23. The number of nitrogens with zero attached hydrogens (tertiary/aromatic N) is 2. The van der Waals surface area contributed by atoms with E-state index in [1.165, 1.54) is 0 Å². The van der Waals surface area contributed by atoms with Gasteiger partial charge in [-0.15, -0.1) is 12.4 Å². The fourth-order valence-electron chi connectivity index (χ4n) is 3.14. The van der Waals surface area contributed by atoms with Crippen LogP contribution in [0, 0.1) is 0 Å². The van der Waals surface area contributed by atoms with Crippen LogP contribution >= 0.6 is 12.4 Å². The van der Waals surface area contributed by atoms with Gasteiger partial charge in [0.05, 0.1) is 20.8 Å². The summed E-state index contributed by atoms with van der Waals surface area (Å²) in [4.78, 5) is 14.6. The van der Waals surface area contributed by atoms with E-state index in [-0.39, 0.29) is 38.0 Å². The fourth-order valence-corrected chi connectivity index (χ4v) is 3.14. The number of aliphatic hydroxyl groups is 1. The van der Waals surface area contributed by atoms with E-state index in [9.17, 15) is 9.90 Å². The van der Waals surface area contributed by atoms with Crippen molar-refractivity contribution in [3.8, 4) is 11.5 Å². The number of carbonyl (C=O) groups excluding carboxylic acids is 1. The second kappa shape index (κ2) is 9.59. The number of amides is 1. The van der Waals surface area contributed by atoms with Crippen molar-refractivity contribution in [2.45, 2.75) is 19.5 Å². The number of H-pyrrole nitrogens is 1. The minimum absolute atomic E-state index is 0. The van der Waals surface area contributed by atoms with Gasteiger partial charge in [0, 0.05) is 49.4 Å². The van der Waals surface area contributed by atoms with Gasteiger partial charge in [-0.25, -0.2) is 0 Å². The Morgan fingerprint density at radius 1 is 1.33 bits per heavy atom. The lowest BCUT2D eigenvalue weighted by molar-refractivity contribution is 0.0699. The highest BCUT2D eigenvalue weighted by atomic mass is 35.5. The summed E-state index contributed by atoms with van der Waals surface area (Å²) in [6.07, 6.45) is 0.819. The third-order valence-electron chi connectivity index (χ3n) is 4.51. The molecule has 3 rings (SSSR count). The van der Waals surface area contributed by atoms with Gasteiger partial charge in [-0.1, -0.05) is 0 Å². The zero-order valence-electron chi connectivity index (χ0n) is 15.4. The number of nitrogens with one attached hydrogen (secondary N) is 2. The second-order valence-corrected chi connectivity index (χ2v) is 6.08. The molecule has 0 unspecified atom stereocenters. The van der Waals surface area contributed by atoms with Crippen LogP contribution in [0.3, 0.4) is 0 Å². The first-order valence-corrected chi connectivity index (χ1v) is 8.55. The molecule has 8 nitrogen and oxygen atoms in total. The molecule has 0 fully saturated rings. The van der Waals surface area contributed by atoms with Gasteiger partial charge in [0.2, 0.25) is 0 Å². The fraction of sp³-hybridized carbons (Fsp3) is 0.444. The van der Waals surface area contributed by atoms with Gasteiger partial charge in [-0.3, -0.25) is 9.89 Å². The number of fused-ring (bicyclic) bond motifs is 1. The molecule has 3 N–H and O–H groups in total. The maximum absolute atomic E-state index is 13.1. The molecule has 1 amide bonds. The van der Waals surface area contributed by atoms with E-state index >= 15 is 0 Å². The molecule has 0 saturated carbocycles. The van der Waals surface area contributed by atoms with Crippen LogP contribution in [0.25, 0.3) is 0 Å². The molecule has 0 atom stereocenters. The summed E-state index contributed by atoms with van der Waals surface area (Å²) in [6, 6.07) is 5.43. The molecule has 9 heteroatoms. The summed E-state index contributed by atoms with van der Waals surface area (Å²) in [5, 5.41) is 19.9. The van der Waals surface area contributed by atoms with Crippen LogP contribution < -0.4 is 14.8 Å². The summed E-state index contributed by atoms with van der Waals surface area (Å²) < 4.78 is 10.7. The van der Waals surface area contributed by atoms with Crippen molar-refractivity contribution in [2.24, 2.45) is 0 Å². The molecule has 1 aliphatic heterocycles. The van der Waals surface area contributed by atoms with E-state index in [4.69, 9.17) is 9.47 Å². The van der Waals surface area contributed by atoms with E-state index in [0.717, 1.165) is 29.8 Å². The monoisotopic (exact) mass is 396 g/mol. The van der Waals surface area contributed by atoms with Gasteiger partial charge >= 0.3 is 0 Å². The Bertz CT molecular complexity index is 781. The molecule has 27 heavy (non-hydrogen) atoms. The number of carbonyl (C=O) groups is 1. The molecule has 2 heterocycles. The van der Waals surface area contributed by atoms with Gasteiger partial charge in [-0.05, 0) is 18.2 Å². The SMILES string of the molecule is COc1ccc(OC)c(CN(CCO)C(=O)c2n[nH]c3c2CNCC3)c1.Cl. The van der Waals surface area contributed by atoms with E-state index < -0.39 is 0 Å². The zero-order chi connectivity index (χ0) is 18.5. The lowest BCUT2D eigenvalue weighted by atomic mass is 10.1. The topological polar surface area (TPSA) is 99.7 Å². The molecule has 0 spiro atoms. The van der Waals surface area contributed by atoms with Crippen LogP contribution in [0.15, 0.2) is 18.2 Å². The number of aromatic nitrogens is 2. The summed E-state index contributed by atoms with van der Waals surface area (Å²) in [6.45, 7) is 1.83. The lowest BCUT2D eigenvalue weighted by Crippen LogP contribution is -2.35. The van der Waals surface area contributed by atoms with Crippen molar-refractivity contribution < 1.29 is 19.4 Å². The molecule has 1 aromatic heterocycles. The van der Waals surface area contributed by atoms with Crippen molar-refractivity contribution in [1.82, 2.24) is 20.4 Å². The predicted molar refractivity (Wildman–Crippen MR) is 103 cm³/mol. The van der Waals surface area contributed by atoms with Crippen LogP contribution in [0.2, 0.25) is 0 Å². The molecule has 2 aromatic rings. The number of ether oxygens (including phenoxy) is 2. The zero-order valence-corrected chi connectivity index (χ0v) is 16.3. The molecule has 1 aromatic carbocycles. The average molecular weight is 397 g/mol. The Labute approximate surface area is 164 Å². The van der Waals surface area contributed by atoms with Crippen molar-refractivity contribution in [3.05, 3.63) is 40.7 Å². The molecule has 0 bridgehead atoms. The smallest absolute Gasteiger partial charge is 0.275 e. The minimum atomic E-state index is -0.217. The highest BCUT2D eigenvalue weighted by Crippen LogP contribution is 2.26. The van der Waals surface area contributed by atoms with E-state index in [2.05, 4.69) is 15.5 Å². The van der Waals surface area contributed by atoms with Crippen molar-refractivity contribution in [1.29, 1.82) is 0 Å². The van der Waals surface area contributed by atoms with Crippen molar-refractivity contribution in [3.63, 3.8) is 0 Å².